The van der Waals surface area contributed by atoms with Gasteiger partial charge in [0.1, 0.15) is 11.4 Å². The van der Waals surface area contributed by atoms with Crippen LogP contribution in [0.5, 0.6) is 0 Å². The summed E-state index contributed by atoms with van der Waals surface area (Å²) in [5, 5.41) is 27.5. The van der Waals surface area contributed by atoms with Gasteiger partial charge in [0.15, 0.2) is 11.6 Å². The average Bonchev–Trinajstić information content (AvgIpc) is 3.26. The van der Waals surface area contributed by atoms with Gasteiger partial charge in [-0.05, 0) is 123 Å². The maximum atomic E-state index is 13.4. The SMILES string of the molecule is CC(=O)C(N=Nc1cc(C(=O)Nc2ccccc2CCCl)ccc1Cl)C(=O)Nc1ccc(NC(=O)C(N=Nc2cc(C(=O)Nc3ccccc3CCCl)ccc2Cl)C(C)=O)c(C)c1C. The molecule has 0 heterocycles. The summed E-state index contributed by atoms with van der Waals surface area (Å²) in [6, 6.07) is 23.0. The van der Waals surface area contributed by atoms with Crippen molar-refractivity contribution in [1.82, 2.24) is 0 Å². The smallest absolute Gasteiger partial charge is 0.258 e. The van der Waals surface area contributed by atoms with Gasteiger partial charge in [0.25, 0.3) is 23.6 Å². The lowest BCUT2D eigenvalue weighted by atomic mass is 10.0. The van der Waals surface area contributed by atoms with Crippen LogP contribution >= 0.6 is 46.4 Å². The largest absolute Gasteiger partial charge is 0.324 e. The van der Waals surface area contributed by atoms with Gasteiger partial charge < -0.3 is 21.3 Å². The van der Waals surface area contributed by atoms with Gasteiger partial charge in [-0.15, -0.1) is 23.2 Å². The third kappa shape index (κ3) is 12.7. The average molecular weight is 945 g/mol. The number of carbonyl (C=O) groups is 6. The van der Waals surface area contributed by atoms with Gasteiger partial charge in [0.05, 0.1) is 10.0 Å². The van der Waals surface area contributed by atoms with Crippen molar-refractivity contribution < 1.29 is 28.8 Å². The fourth-order valence-corrected chi connectivity index (χ4v) is 6.86. The van der Waals surface area contributed by atoms with Crippen LogP contribution in [0, 0.1) is 13.8 Å². The standard InChI is InChI=1S/C46H42Cl4N8O6/c1-25-26(2)36(52-46(64)42(28(4)60)58-56-40-24-32(14-16-34(40)50)44(62)54-38-12-8-6-10-30(38)20-22-48)18-17-35(25)51-45(63)41(27(3)59)57-55-39-23-31(13-15-33(39)49)43(61)53-37-11-7-5-9-29(37)19-21-47/h5-18,23-24,41-42H,19-22H2,1-4H3,(H,51,63)(H,52,64)(H,53,61)(H,54,62). The van der Waals surface area contributed by atoms with Crippen LogP contribution in [0.15, 0.2) is 118 Å². The Balaban J connectivity index is 1.26. The zero-order valence-corrected chi connectivity index (χ0v) is 38.0. The lowest BCUT2D eigenvalue weighted by Crippen LogP contribution is -2.33. The van der Waals surface area contributed by atoms with E-state index in [9.17, 15) is 28.8 Å². The van der Waals surface area contributed by atoms with E-state index < -0.39 is 47.3 Å². The molecule has 0 aliphatic carbocycles. The van der Waals surface area contributed by atoms with Crippen LogP contribution in [0.2, 0.25) is 10.0 Å². The number of para-hydroxylation sites is 2. The second kappa shape index (κ2) is 22.9. The Morgan fingerprint density at radius 2 is 0.891 bits per heavy atom. The molecular weight excluding hydrogens is 902 g/mol. The Bertz CT molecular complexity index is 2490. The second-order valence-corrected chi connectivity index (χ2v) is 15.8. The predicted molar refractivity (Wildman–Crippen MR) is 252 cm³/mol. The van der Waals surface area contributed by atoms with E-state index >= 15 is 0 Å². The molecule has 0 radical (unpaired) electrons. The molecule has 5 aromatic rings. The zero-order chi connectivity index (χ0) is 46.5. The number of alkyl halides is 2. The minimum atomic E-state index is -1.59. The summed E-state index contributed by atoms with van der Waals surface area (Å²) in [5.41, 5.74) is 5.07. The fourth-order valence-electron chi connectivity index (χ4n) is 6.14. The van der Waals surface area contributed by atoms with Crippen molar-refractivity contribution in [2.75, 3.05) is 33.0 Å². The van der Waals surface area contributed by atoms with Crippen LogP contribution in [-0.2, 0) is 32.0 Å². The van der Waals surface area contributed by atoms with E-state index in [1.807, 2.05) is 24.3 Å². The van der Waals surface area contributed by atoms with E-state index in [4.69, 9.17) is 46.4 Å². The van der Waals surface area contributed by atoms with Crippen molar-refractivity contribution in [2.45, 2.75) is 52.6 Å². The molecule has 0 aliphatic heterocycles. The number of nitrogens with one attached hydrogen (secondary N) is 4. The van der Waals surface area contributed by atoms with Crippen molar-refractivity contribution in [3.8, 4) is 0 Å². The van der Waals surface area contributed by atoms with Crippen LogP contribution in [0.1, 0.15) is 56.8 Å². The van der Waals surface area contributed by atoms with Gasteiger partial charge in [0, 0.05) is 45.6 Å². The number of carbonyl (C=O) groups excluding carboxylic acids is 6. The first kappa shape index (κ1) is 48.7. The molecule has 14 nitrogen and oxygen atoms in total. The first-order valence-corrected chi connectivity index (χ1v) is 21.5. The molecule has 330 valence electrons. The van der Waals surface area contributed by atoms with E-state index in [1.165, 1.54) is 62.4 Å². The van der Waals surface area contributed by atoms with Crippen LogP contribution in [0.3, 0.4) is 0 Å². The number of Topliss-reactive ketones (excluding diaryl/α,β-unsaturated/α-hetero) is 2. The van der Waals surface area contributed by atoms with Gasteiger partial charge in [-0.1, -0.05) is 59.6 Å². The Morgan fingerprint density at radius 1 is 0.516 bits per heavy atom. The molecular formula is C46H42Cl4N8O6. The van der Waals surface area contributed by atoms with Gasteiger partial charge >= 0.3 is 0 Å². The number of hydrogen-bond acceptors (Lipinski definition) is 10. The first-order valence-electron chi connectivity index (χ1n) is 19.7. The molecule has 0 fully saturated rings. The lowest BCUT2D eigenvalue weighted by molar-refractivity contribution is -0.127. The Hall–Kier alpha value is -6.32. The summed E-state index contributed by atoms with van der Waals surface area (Å²) in [5.74, 6) is -2.99. The number of benzene rings is 5. The minimum Gasteiger partial charge on any atom is -0.324 e. The molecule has 64 heavy (non-hydrogen) atoms. The van der Waals surface area contributed by atoms with E-state index in [0.717, 1.165) is 11.1 Å². The number of halogens is 4. The normalized spacial score (nSPS) is 12.1. The van der Waals surface area contributed by atoms with E-state index in [2.05, 4.69) is 41.7 Å². The zero-order valence-electron chi connectivity index (χ0n) is 35.0. The van der Waals surface area contributed by atoms with Crippen LogP contribution in [-0.4, -0.2) is 59.0 Å². The number of amides is 4. The van der Waals surface area contributed by atoms with Crippen LogP contribution < -0.4 is 21.3 Å². The third-order valence-electron chi connectivity index (χ3n) is 9.81. The number of azo groups is 2. The summed E-state index contributed by atoms with van der Waals surface area (Å²) in [7, 11) is 0. The number of anilines is 4. The molecule has 5 aromatic carbocycles. The Morgan fingerprint density at radius 3 is 1.25 bits per heavy atom. The molecule has 2 atom stereocenters. The van der Waals surface area contributed by atoms with Crippen molar-refractivity contribution in [3.63, 3.8) is 0 Å². The first-order chi connectivity index (χ1) is 30.6. The Labute approximate surface area is 389 Å². The predicted octanol–water partition coefficient (Wildman–Crippen LogP) is 11.0. The van der Waals surface area contributed by atoms with E-state index in [1.54, 1.807) is 38.1 Å². The molecule has 4 N–H and O–H groups in total. The number of ketones is 2. The lowest BCUT2D eigenvalue weighted by Gasteiger charge is -2.17. The van der Waals surface area contributed by atoms with Crippen molar-refractivity contribution in [3.05, 3.63) is 140 Å². The highest BCUT2D eigenvalue weighted by Gasteiger charge is 2.27. The molecule has 0 bridgehead atoms. The Kier molecular flexibility index (Phi) is 17.4. The number of aryl methyl sites for hydroxylation is 2. The molecule has 0 spiro atoms. The summed E-state index contributed by atoms with van der Waals surface area (Å²) < 4.78 is 0. The summed E-state index contributed by atoms with van der Waals surface area (Å²) in [4.78, 5) is 78.5. The highest BCUT2D eigenvalue weighted by Crippen LogP contribution is 2.31. The van der Waals surface area contributed by atoms with Gasteiger partial charge in [0.2, 0.25) is 12.1 Å². The second-order valence-electron chi connectivity index (χ2n) is 14.3. The highest BCUT2D eigenvalue weighted by molar-refractivity contribution is 6.33. The van der Waals surface area contributed by atoms with Gasteiger partial charge in [-0.25, -0.2) is 0 Å². The third-order valence-corrected chi connectivity index (χ3v) is 10.8. The van der Waals surface area contributed by atoms with Crippen LogP contribution in [0.25, 0.3) is 0 Å². The molecule has 0 aromatic heterocycles. The topological polar surface area (TPSA) is 200 Å². The van der Waals surface area contributed by atoms with Crippen molar-refractivity contribution in [1.29, 1.82) is 0 Å². The number of hydrogen-bond donors (Lipinski definition) is 4. The summed E-state index contributed by atoms with van der Waals surface area (Å²) >= 11 is 24.6. The van der Waals surface area contributed by atoms with Crippen LogP contribution in [0.4, 0.5) is 34.1 Å². The molecule has 5 rings (SSSR count). The molecule has 0 saturated carbocycles. The quantitative estimate of drug-likeness (QED) is 0.0382. The number of rotatable bonds is 18. The molecule has 4 amide bonds. The molecule has 2 unspecified atom stereocenters. The van der Waals surface area contributed by atoms with E-state index in [0.29, 0.717) is 58.5 Å². The van der Waals surface area contributed by atoms with Crippen molar-refractivity contribution >= 4 is 116 Å². The maximum absolute atomic E-state index is 13.4. The molecule has 0 saturated heterocycles. The monoisotopic (exact) mass is 942 g/mol. The van der Waals surface area contributed by atoms with Crippen molar-refractivity contribution in [2.24, 2.45) is 20.5 Å². The van der Waals surface area contributed by atoms with Gasteiger partial charge in [-0.3, -0.25) is 28.8 Å². The minimum absolute atomic E-state index is 0.0537. The molecule has 0 aliphatic rings. The summed E-state index contributed by atoms with van der Waals surface area (Å²) in [6.45, 7) is 5.72. The fraction of sp³-hybridized carbons (Fsp3) is 0.217. The maximum Gasteiger partial charge on any atom is 0.258 e. The number of nitrogens with zero attached hydrogens (tertiary/aromatic N) is 4. The van der Waals surface area contributed by atoms with E-state index in [-0.39, 0.29) is 32.5 Å². The summed E-state index contributed by atoms with van der Waals surface area (Å²) in [6.07, 6.45) is 1.10. The molecule has 18 heteroatoms. The van der Waals surface area contributed by atoms with Gasteiger partial charge in [-0.2, -0.15) is 20.5 Å². The highest BCUT2D eigenvalue weighted by atomic mass is 35.5.